The molecule has 308 valence electrons. The molecular weight excluding hydrogens is 740 g/mol. The largest absolute Gasteiger partial charge is 0.481 e. The van der Waals surface area contributed by atoms with E-state index in [-0.39, 0.29) is 49.8 Å². The molecule has 2 rings (SSSR count). The van der Waals surface area contributed by atoms with E-state index in [0.717, 1.165) is 0 Å². The van der Waals surface area contributed by atoms with Crippen molar-refractivity contribution in [3.63, 3.8) is 0 Å². The number of benzene rings is 2. The highest BCUT2D eigenvalue weighted by atomic mass is 16.5. The highest BCUT2D eigenvalue weighted by molar-refractivity contribution is 6.09. The molecule has 0 bridgehead atoms. The molecule has 0 fully saturated rings. The van der Waals surface area contributed by atoms with E-state index < -0.39 is 60.3 Å². The van der Waals surface area contributed by atoms with Gasteiger partial charge in [-0.25, -0.2) is 16.3 Å². The van der Waals surface area contributed by atoms with Crippen LogP contribution in [0.3, 0.4) is 0 Å². The number of hydrogen-bond donors (Lipinski definition) is 7. The second-order valence-electron chi connectivity index (χ2n) is 13.8. The average Bonchev–Trinajstić information content (AvgIpc) is 3.20. The Kier molecular flexibility index (Phi) is 20.5. The zero-order chi connectivity index (χ0) is 42.5. The normalized spacial score (nSPS) is 13.6. The number of ketones is 1. The molecule has 0 radical (unpaired) electrons. The van der Waals surface area contributed by atoms with Crippen LogP contribution < -0.4 is 22.0 Å². The molecule has 17 nitrogen and oxygen atoms in total. The van der Waals surface area contributed by atoms with Gasteiger partial charge in [0.05, 0.1) is 12.3 Å². The first-order chi connectivity index (χ1) is 27.2. The highest BCUT2D eigenvalue weighted by Gasteiger charge is 2.40. The van der Waals surface area contributed by atoms with Crippen LogP contribution in [0.15, 0.2) is 54.6 Å². The number of hydrazine groups is 2. The number of carbonyl (C=O) groups excluding carboxylic acids is 7. The van der Waals surface area contributed by atoms with Gasteiger partial charge in [0, 0.05) is 36.9 Å². The van der Waals surface area contributed by atoms with Gasteiger partial charge in [-0.05, 0) is 43.6 Å². The van der Waals surface area contributed by atoms with Gasteiger partial charge in [0.2, 0.25) is 11.8 Å². The Morgan fingerprint density at radius 3 is 2.09 bits per heavy atom. The number of nitrogens with two attached hydrogens (primary N) is 1. The number of carboxylic acid groups (broad SMARTS) is 1. The van der Waals surface area contributed by atoms with Crippen molar-refractivity contribution in [2.45, 2.75) is 95.9 Å². The molecule has 8 N–H and O–H groups in total. The number of nitrogens with one attached hydrogen (secondary N) is 3. The predicted molar refractivity (Wildman–Crippen MR) is 205 cm³/mol. The summed E-state index contributed by atoms with van der Waals surface area (Å²) >= 11 is 0. The number of rotatable bonds is 26. The summed E-state index contributed by atoms with van der Waals surface area (Å²) in [5.41, 5.74) is 2.48. The number of aliphatic hydroxyl groups excluding tert-OH is 1. The lowest BCUT2D eigenvalue weighted by atomic mass is 9.90. The van der Waals surface area contributed by atoms with Crippen LogP contribution in [-0.4, -0.2) is 104 Å². The van der Waals surface area contributed by atoms with E-state index in [1.165, 1.54) is 17.6 Å². The second kappa shape index (κ2) is 24.7. The van der Waals surface area contributed by atoms with Gasteiger partial charge in [-0.1, -0.05) is 68.4 Å². The van der Waals surface area contributed by atoms with Gasteiger partial charge in [-0.15, -0.1) is 17.5 Å². The molecule has 5 atom stereocenters. The summed E-state index contributed by atoms with van der Waals surface area (Å²) in [5, 5.41) is 35.8. The third-order valence-electron chi connectivity index (χ3n) is 8.93. The number of aldehydes is 2. The maximum absolute atomic E-state index is 14.4. The third-order valence-corrected chi connectivity index (χ3v) is 8.93. The van der Waals surface area contributed by atoms with E-state index in [4.69, 9.17) is 17.5 Å². The van der Waals surface area contributed by atoms with Crippen LogP contribution in [0.2, 0.25) is 0 Å². The number of aliphatic carboxylic acids is 1. The minimum Gasteiger partial charge on any atom is -0.481 e. The first-order valence-corrected chi connectivity index (χ1v) is 18.5. The maximum atomic E-state index is 14.4. The quantitative estimate of drug-likeness (QED) is 0.0134. The second-order valence-corrected chi connectivity index (χ2v) is 13.8. The lowest BCUT2D eigenvalue weighted by Crippen LogP contribution is -2.65. The van der Waals surface area contributed by atoms with E-state index in [1.54, 1.807) is 56.3 Å². The van der Waals surface area contributed by atoms with Crippen molar-refractivity contribution >= 4 is 48.0 Å². The standard InChI is InChI=1S/C40H52N6O11/c1-4-5-7-15-34(49)42-20-11-10-14-30(24-47)46(41)45(31(25-48)22-27-16-18-29(19-17-27)36(52)28-12-8-6-9-13-28)40(56)33(23-35(50)51)43-38(54)32(21-26(2)3)37(53)39(55)44-57/h1,6,8-9,12-13,16-19,24-26,30-33,37,53,57H,5,7,10-11,14-15,20-23,41H2,2-3H3,(H,42,49)(H,43,54)(H,44,55)(H,50,51). The van der Waals surface area contributed by atoms with Gasteiger partial charge in [0.25, 0.3) is 11.8 Å². The Morgan fingerprint density at radius 1 is 0.895 bits per heavy atom. The maximum Gasteiger partial charge on any atom is 0.305 e. The number of carbonyl (C=O) groups is 8. The fourth-order valence-corrected chi connectivity index (χ4v) is 5.95. The average molecular weight is 793 g/mol. The van der Waals surface area contributed by atoms with Gasteiger partial charge < -0.3 is 30.4 Å². The first-order valence-electron chi connectivity index (χ1n) is 18.5. The van der Waals surface area contributed by atoms with E-state index in [2.05, 4.69) is 16.6 Å². The molecule has 0 saturated carbocycles. The minimum atomic E-state index is -2.09. The van der Waals surface area contributed by atoms with Crippen molar-refractivity contribution in [2.75, 3.05) is 6.54 Å². The SMILES string of the molecule is C#CCCCC(=O)NCCCCC(C=O)N(N)N(C(=O)C(CC(=O)O)NC(=O)C(CC(C)C)C(O)C(=O)NO)C(C=O)Cc1ccc(C(=O)c2ccccc2)cc1. The number of nitrogens with zero attached hydrogens (tertiary/aromatic N) is 2. The van der Waals surface area contributed by atoms with Gasteiger partial charge in [0.15, 0.2) is 5.78 Å². The molecule has 17 heteroatoms. The lowest BCUT2D eigenvalue weighted by molar-refractivity contribution is -0.169. The van der Waals surface area contributed by atoms with Crippen LogP contribution in [0.25, 0.3) is 0 Å². The zero-order valence-corrected chi connectivity index (χ0v) is 32.0. The molecule has 0 spiro atoms. The van der Waals surface area contributed by atoms with Crippen LogP contribution >= 0.6 is 0 Å². The lowest BCUT2D eigenvalue weighted by Gasteiger charge is -2.40. The number of aliphatic hydroxyl groups is 1. The molecule has 2 aromatic carbocycles. The summed E-state index contributed by atoms with van der Waals surface area (Å²) in [4.78, 5) is 102. The Hall–Kier alpha value is -5.80. The van der Waals surface area contributed by atoms with Crippen LogP contribution in [-0.2, 0) is 40.0 Å². The number of hydrogen-bond acceptors (Lipinski definition) is 12. The molecule has 0 aliphatic heterocycles. The van der Waals surface area contributed by atoms with E-state index in [9.17, 15) is 48.6 Å². The Labute approximate surface area is 331 Å². The Bertz CT molecular complexity index is 1710. The highest BCUT2D eigenvalue weighted by Crippen LogP contribution is 2.20. The van der Waals surface area contributed by atoms with Crippen molar-refractivity contribution < 1.29 is 53.8 Å². The molecule has 0 aliphatic carbocycles. The molecule has 0 heterocycles. The number of hydroxylamine groups is 1. The van der Waals surface area contributed by atoms with Gasteiger partial charge >= 0.3 is 5.97 Å². The molecule has 0 aromatic heterocycles. The van der Waals surface area contributed by atoms with Crippen LogP contribution in [0, 0.1) is 24.2 Å². The van der Waals surface area contributed by atoms with Crippen molar-refractivity contribution in [3.8, 4) is 12.3 Å². The van der Waals surface area contributed by atoms with Crippen LogP contribution in [0.4, 0.5) is 0 Å². The molecule has 4 amide bonds. The fraction of sp³-hybridized carbons (Fsp3) is 0.450. The van der Waals surface area contributed by atoms with E-state index in [1.807, 2.05) is 0 Å². The van der Waals surface area contributed by atoms with Crippen LogP contribution in [0.5, 0.6) is 0 Å². The Balaban J connectivity index is 2.47. The molecule has 5 unspecified atom stereocenters. The summed E-state index contributed by atoms with van der Waals surface area (Å²) in [7, 11) is 0. The van der Waals surface area contributed by atoms with Gasteiger partial charge in [-0.2, -0.15) is 0 Å². The van der Waals surface area contributed by atoms with Crippen LogP contribution in [0.1, 0.15) is 86.7 Å². The van der Waals surface area contributed by atoms with E-state index >= 15 is 0 Å². The summed E-state index contributed by atoms with van der Waals surface area (Å²) in [6.07, 6.45) is 4.46. The third kappa shape index (κ3) is 15.3. The summed E-state index contributed by atoms with van der Waals surface area (Å²) in [6.45, 7) is 3.61. The summed E-state index contributed by atoms with van der Waals surface area (Å²) < 4.78 is 0. The smallest absolute Gasteiger partial charge is 0.305 e. The summed E-state index contributed by atoms with van der Waals surface area (Å²) in [5.74, 6) is 1.38. The topological polar surface area (TPSA) is 266 Å². The molecule has 0 saturated heterocycles. The van der Waals surface area contributed by atoms with Crippen molar-refractivity contribution in [2.24, 2.45) is 17.7 Å². The van der Waals surface area contributed by atoms with E-state index in [0.29, 0.717) is 65.1 Å². The molecule has 57 heavy (non-hydrogen) atoms. The number of amides is 4. The minimum absolute atomic E-state index is 0.0213. The first kappa shape index (κ1) is 47.4. The fourth-order valence-electron chi connectivity index (χ4n) is 5.95. The molecule has 2 aromatic rings. The Morgan fingerprint density at radius 2 is 1.53 bits per heavy atom. The van der Waals surface area contributed by atoms with Crippen molar-refractivity contribution in [1.29, 1.82) is 0 Å². The zero-order valence-electron chi connectivity index (χ0n) is 32.0. The molecule has 0 aliphatic rings. The number of unbranched alkanes of at least 4 members (excludes halogenated alkanes) is 2. The van der Waals surface area contributed by atoms with Gasteiger partial charge in [0.1, 0.15) is 36.8 Å². The molecular formula is C40H52N6O11. The predicted octanol–water partition coefficient (Wildman–Crippen LogP) is 1.09. The van der Waals surface area contributed by atoms with Crippen molar-refractivity contribution in [1.82, 2.24) is 26.2 Å². The summed E-state index contributed by atoms with van der Waals surface area (Å²) in [6, 6.07) is 9.96. The number of carboxylic acids is 1. The number of terminal acetylenes is 1. The monoisotopic (exact) mass is 792 g/mol. The van der Waals surface area contributed by atoms with Gasteiger partial charge in [-0.3, -0.25) is 34.0 Å². The van der Waals surface area contributed by atoms with Crippen molar-refractivity contribution in [3.05, 3.63) is 71.3 Å².